The number of hydrogen-bond donors (Lipinski definition) is 3. The molecule has 0 aliphatic carbocycles. The summed E-state index contributed by atoms with van der Waals surface area (Å²) in [4.78, 5) is 28.1. The summed E-state index contributed by atoms with van der Waals surface area (Å²) in [7, 11) is 1.15. The van der Waals surface area contributed by atoms with Crippen molar-refractivity contribution in [1.82, 2.24) is 20.6 Å². The number of aromatic hydroxyl groups is 2. The Hall–Kier alpha value is -3.89. The van der Waals surface area contributed by atoms with Crippen LogP contribution in [0, 0.1) is 0 Å². The Kier molecular flexibility index (Phi) is 5.72. The molecule has 0 unspecified atom stereocenters. The van der Waals surface area contributed by atoms with Crippen LogP contribution in [-0.2, 0) is 4.74 Å². The van der Waals surface area contributed by atoms with Gasteiger partial charge in [-0.05, 0) is 24.5 Å². The van der Waals surface area contributed by atoms with Gasteiger partial charge >= 0.3 is 11.9 Å². The van der Waals surface area contributed by atoms with Gasteiger partial charge in [-0.3, -0.25) is 4.79 Å². The van der Waals surface area contributed by atoms with Crippen molar-refractivity contribution in [3.63, 3.8) is 0 Å². The molecule has 1 amide bonds. The monoisotopic (exact) mass is 416 g/mol. The Balaban J connectivity index is 2.24. The third-order valence-electron chi connectivity index (χ3n) is 4.27. The van der Waals surface area contributed by atoms with E-state index in [4.69, 9.17) is 9.05 Å². The number of carbonyl (C=O) groups excluding carboxylic acids is 2. The number of nitrogens with zero attached hydrogens (tertiary/aromatic N) is 3. The number of phenols is 2. The van der Waals surface area contributed by atoms with Gasteiger partial charge < -0.3 is 29.3 Å². The Labute approximate surface area is 170 Å². The molecule has 3 aromatic rings. The van der Waals surface area contributed by atoms with Gasteiger partial charge in [-0.2, -0.15) is 4.98 Å². The first-order chi connectivity index (χ1) is 14.3. The van der Waals surface area contributed by atoms with Crippen LogP contribution in [0.2, 0.25) is 0 Å². The highest BCUT2D eigenvalue weighted by molar-refractivity contribution is 6.01. The van der Waals surface area contributed by atoms with Crippen LogP contribution in [0.3, 0.4) is 0 Å². The number of phenolic OH excluding ortho intramolecular Hbond substituents is 2. The smallest absolute Gasteiger partial charge is 0.397 e. The molecule has 2 aromatic heterocycles. The first-order valence-corrected chi connectivity index (χ1v) is 9.04. The largest absolute Gasteiger partial charge is 0.508 e. The molecule has 2 heterocycles. The second kappa shape index (κ2) is 8.23. The van der Waals surface area contributed by atoms with E-state index in [1.807, 2.05) is 13.8 Å². The predicted octanol–water partition coefficient (Wildman–Crippen LogP) is 2.46. The number of rotatable bonds is 6. The third-order valence-corrected chi connectivity index (χ3v) is 4.27. The fourth-order valence-corrected chi connectivity index (χ4v) is 2.81. The summed E-state index contributed by atoms with van der Waals surface area (Å²) in [5.41, 5.74) is 0.533. The Morgan fingerprint density at radius 1 is 1.17 bits per heavy atom. The van der Waals surface area contributed by atoms with Crippen molar-refractivity contribution in [2.24, 2.45) is 0 Å². The lowest BCUT2D eigenvalue weighted by atomic mass is 9.96. The zero-order valence-electron chi connectivity index (χ0n) is 16.7. The molecule has 0 saturated heterocycles. The summed E-state index contributed by atoms with van der Waals surface area (Å²) in [5, 5.41) is 30.6. The highest BCUT2D eigenvalue weighted by Gasteiger charge is 2.31. The fourth-order valence-electron chi connectivity index (χ4n) is 2.81. The minimum atomic E-state index is -0.860. The molecule has 30 heavy (non-hydrogen) atoms. The molecule has 0 radical (unpaired) electrons. The lowest BCUT2D eigenvalue weighted by Gasteiger charge is -2.11. The summed E-state index contributed by atoms with van der Waals surface area (Å²) in [6.07, 6.45) is 0. The van der Waals surface area contributed by atoms with E-state index >= 15 is 0 Å². The molecule has 3 rings (SSSR count). The van der Waals surface area contributed by atoms with Crippen molar-refractivity contribution in [3.05, 3.63) is 29.3 Å². The molecule has 158 valence electrons. The highest BCUT2D eigenvalue weighted by Crippen LogP contribution is 2.42. The number of carbonyl (C=O) groups is 2. The maximum Gasteiger partial charge on any atom is 0.397 e. The van der Waals surface area contributed by atoms with Gasteiger partial charge in [-0.1, -0.05) is 24.2 Å². The van der Waals surface area contributed by atoms with Crippen molar-refractivity contribution < 1.29 is 33.6 Å². The SMILES string of the molecule is CCNC(=O)c1noc(-c2cc(C(C)C)c(O)cc2O)c1-c1noc(C(=O)OC)n1. The highest BCUT2D eigenvalue weighted by atomic mass is 16.6. The Morgan fingerprint density at radius 3 is 2.53 bits per heavy atom. The van der Waals surface area contributed by atoms with E-state index in [0.29, 0.717) is 12.1 Å². The van der Waals surface area contributed by atoms with Crippen LogP contribution in [0.1, 0.15) is 53.4 Å². The number of methoxy groups -OCH3 is 1. The van der Waals surface area contributed by atoms with Gasteiger partial charge in [0, 0.05) is 12.6 Å². The van der Waals surface area contributed by atoms with Crippen molar-refractivity contribution in [3.8, 4) is 34.2 Å². The molecule has 0 bridgehead atoms. The van der Waals surface area contributed by atoms with E-state index in [1.165, 1.54) is 12.1 Å². The number of aromatic nitrogens is 3. The summed E-state index contributed by atoms with van der Waals surface area (Å²) in [5.74, 6) is -2.54. The third kappa shape index (κ3) is 3.69. The minimum Gasteiger partial charge on any atom is -0.508 e. The van der Waals surface area contributed by atoms with Gasteiger partial charge in [0.05, 0.1) is 12.7 Å². The maximum atomic E-state index is 12.5. The zero-order valence-corrected chi connectivity index (χ0v) is 16.7. The van der Waals surface area contributed by atoms with Crippen LogP contribution in [0.25, 0.3) is 22.7 Å². The molecule has 0 atom stereocenters. The number of benzene rings is 1. The molecule has 0 saturated carbocycles. The number of nitrogens with one attached hydrogen (secondary N) is 1. The van der Waals surface area contributed by atoms with Gasteiger partial charge in [-0.15, -0.1) is 0 Å². The van der Waals surface area contributed by atoms with Crippen molar-refractivity contribution in [2.45, 2.75) is 26.7 Å². The van der Waals surface area contributed by atoms with Crippen molar-refractivity contribution in [1.29, 1.82) is 0 Å². The van der Waals surface area contributed by atoms with Gasteiger partial charge in [0.25, 0.3) is 5.91 Å². The zero-order chi connectivity index (χ0) is 22.0. The Bertz CT molecular complexity index is 1100. The van der Waals surface area contributed by atoms with Gasteiger partial charge in [0.2, 0.25) is 5.82 Å². The van der Waals surface area contributed by atoms with E-state index in [-0.39, 0.29) is 45.8 Å². The fraction of sp³-hybridized carbons (Fsp3) is 0.316. The first-order valence-electron chi connectivity index (χ1n) is 9.04. The minimum absolute atomic E-state index is 0.00977. The summed E-state index contributed by atoms with van der Waals surface area (Å²) in [6.45, 7) is 5.77. The summed E-state index contributed by atoms with van der Waals surface area (Å²) >= 11 is 0. The number of amides is 1. The van der Waals surface area contributed by atoms with Gasteiger partial charge in [-0.25, -0.2) is 4.79 Å². The number of esters is 1. The predicted molar refractivity (Wildman–Crippen MR) is 102 cm³/mol. The second-order valence-electron chi connectivity index (χ2n) is 6.59. The average molecular weight is 416 g/mol. The number of ether oxygens (including phenoxy) is 1. The molecular formula is C19H20N4O7. The molecule has 0 fully saturated rings. The molecule has 0 spiro atoms. The second-order valence-corrected chi connectivity index (χ2v) is 6.59. The lowest BCUT2D eigenvalue weighted by Crippen LogP contribution is -2.23. The van der Waals surface area contributed by atoms with Crippen LogP contribution in [0.4, 0.5) is 0 Å². The van der Waals surface area contributed by atoms with Crippen LogP contribution in [0.15, 0.2) is 21.2 Å². The summed E-state index contributed by atoms with van der Waals surface area (Å²) < 4.78 is 14.8. The molecule has 0 aliphatic heterocycles. The normalized spacial score (nSPS) is 11.0. The van der Waals surface area contributed by atoms with Crippen LogP contribution in [-0.4, -0.2) is 51.0 Å². The van der Waals surface area contributed by atoms with Gasteiger partial charge in [0.1, 0.15) is 17.1 Å². The van der Waals surface area contributed by atoms with E-state index < -0.39 is 17.8 Å². The molecule has 3 N–H and O–H groups in total. The van der Waals surface area contributed by atoms with Crippen LogP contribution in [0.5, 0.6) is 11.5 Å². The molecule has 11 nitrogen and oxygen atoms in total. The molecule has 0 aliphatic rings. The van der Waals surface area contributed by atoms with Crippen molar-refractivity contribution in [2.75, 3.05) is 13.7 Å². The van der Waals surface area contributed by atoms with E-state index in [9.17, 15) is 19.8 Å². The maximum absolute atomic E-state index is 12.5. The molecular weight excluding hydrogens is 396 g/mol. The molecule has 1 aromatic carbocycles. The first kappa shape index (κ1) is 20.8. The van der Waals surface area contributed by atoms with E-state index in [1.54, 1.807) is 6.92 Å². The van der Waals surface area contributed by atoms with E-state index in [0.717, 1.165) is 7.11 Å². The van der Waals surface area contributed by atoms with Gasteiger partial charge in [0.15, 0.2) is 11.5 Å². The number of hydrogen-bond acceptors (Lipinski definition) is 10. The van der Waals surface area contributed by atoms with Crippen LogP contribution >= 0.6 is 0 Å². The average Bonchev–Trinajstić information content (AvgIpc) is 3.34. The molecule has 11 heteroatoms. The van der Waals surface area contributed by atoms with Crippen LogP contribution < -0.4 is 5.32 Å². The Morgan fingerprint density at radius 2 is 1.90 bits per heavy atom. The van der Waals surface area contributed by atoms with Crippen molar-refractivity contribution >= 4 is 11.9 Å². The summed E-state index contributed by atoms with van der Waals surface area (Å²) in [6, 6.07) is 2.68. The topological polar surface area (TPSA) is 161 Å². The standard InChI is InChI=1S/C19H20N4O7/c1-5-20-17(26)14-13(16-21-18(30-23-16)19(27)28-4)15(29-22-14)10-6-9(8(2)3)11(24)7-12(10)25/h6-8,24-25H,5H2,1-4H3,(H,20,26). The quantitative estimate of drug-likeness (QED) is 0.509. The lowest BCUT2D eigenvalue weighted by molar-refractivity contribution is 0.0545. The van der Waals surface area contributed by atoms with E-state index in [2.05, 4.69) is 25.4 Å².